The van der Waals surface area contributed by atoms with Crippen molar-refractivity contribution in [3.63, 3.8) is 0 Å². The van der Waals surface area contributed by atoms with Gasteiger partial charge in [-0.05, 0) is 19.8 Å². The summed E-state index contributed by atoms with van der Waals surface area (Å²) in [4.78, 5) is 13.0. The zero-order valence-corrected chi connectivity index (χ0v) is 13.3. The van der Waals surface area contributed by atoms with E-state index in [2.05, 4.69) is 0 Å². The molecule has 1 heterocycles. The lowest BCUT2D eigenvalue weighted by atomic mass is 10.0. The molecule has 1 aliphatic heterocycles. The summed E-state index contributed by atoms with van der Waals surface area (Å²) >= 11 is 0. The van der Waals surface area contributed by atoms with Gasteiger partial charge in [-0.1, -0.05) is 20.3 Å². The number of hydrogen-bond donors (Lipinski definition) is 0. The highest BCUT2D eigenvalue weighted by Gasteiger charge is 2.42. The third-order valence-electron chi connectivity index (χ3n) is 4.17. The van der Waals surface area contributed by atoms with Gasteiger partial charge in [0, 0.05) is 33.1 Å². The van der Waals surface area contributed by atoms with Gasteiger partial charge < -0.3 is 4.90 Å². The van der Waals surface area contributed by atoms with Crippen molar-refractivity contribution in [1.82, 2.24) is 9.21 Å². The third-order valence-corrected chi connectivity index (χ3v) is 6.96. The Kier molecular flexibility index (Phi) is 5.38. The highest BCUT2D eigenvalue weighted by molar-refractivity contribution is 7.90. The number of hydrogen-bond acceptors (Lipinski definition) is 3. The van der Waals surface area contributed by atoms with Crippen molar-refractivity contribution in [2.45, 2.75) is 51.7 Å². The molecule has 0 bridgehead atoms. The molecule has 1 amide bonds. The van der Waals surface area contributed by atoms with Crippen molar-refractivity contribution in [1.29, 1.82) is 0 Å². The van der Waals surface area contributed by atoms with E-state index in [1.54, 1.807) is 9.21 Å². The van der Waals surface area contributed by atoms with Crippen LogP contribution in [0, 0.1) is 0 Å². The Hall–Kier alpha value is -0.620. The van der Waals surface area contributed by atoms with Gasteiger partial charge in [-0.3, -0.25) is 4.79 Å². The Morgan fingerprint density at radius 1 is 1.16 bits per heavy atom. The van der Waals surface area contributed by atoms with E-state index in [1.165, 1.54) is 6.92 Å². The van der Waals surface area contributed by atoms with E-state index in [0.717, 1.165) is 6.42 Å². The van der Waals surface area contributed by atoms with Crippen LogP contribution in [0.5, 0.6) is 0 Å². The normalized spacial score (nSPS) is 21.2. The maximum Gasteiger partial charge on any atom is 0.219 e. The summed E-state index contributed by atoms with van der Waals surface area (Å²) in [5, 5.41) is 0. The molecule has 1 aliphatic rings. The predicted octanol–water partition coefficient (Wildman–Crippen LogP) is 1.45. The summed E-state index contributed by atoms with van der Waals surface area (Å²) in [6.45, 7) is 9.14. The highest BCUT2D eigenvalue weighted by Crippen LogP contribution is 2.30. The smallest absolute Gasteiger partial charge is 0.219 e. The van der Waals surface area contributed by atoms with E-state index in [-0.39, 0.29) is 5.91 Å². The number of sulfonamides is 1. The average Bonchev–Trinajstić information content (AvgIpc) is 2.38. The van der Waals surface area contributed by atoms with Gasteiger partial charge in [0.25, 0.3) is 0 Å². The maximum atomic E-state index is 12.7. The molecule has 1 unspecified atom stereocenters. The minimum Gasteiger partial charge on any atom is -0.340 e. The van der Waals surface area contributed by atoms with Gasteiger partial charge in [-0.25, -0.2) is 8.42 Å². The van der Waals surface area contributed by atoms with Gasteiger partial charge in [-0.15, -0.1) is 0 Å². The van der Waals surface area contributed by atoms with Crippen LogP contribution in [0.15, 0.2) is 0 Å². The number of rotatable bonds is 5. The minimum absolute atomic E-state index is 0.0175. The number of nitrogens with zero attached hydrogens (tertiary/aromatic N) is 2. The molecule has 1 fully saturated rings. The monoisotopic (exact) mass is 290 g/mol. The highest BCUT2D eigenvalue weighted by atomic mass is 32.2. The summed E-state index contributed by atoms with van der Waals surface area (Å²) in [5.74, 6) is 0.0175. The van der Waals surface area contributed by atoms with E-state index in [0.29, 0.717) is 39.0 Å². The van der Waals surface area contributed by atoms with Crippen LogP contribution in [0.1, 0.15) is 47.0 Å². The van der Waals surface area contributed by atoms with Gasteiger partial charge >= 0.3 is 0 Å². The molecule has 6 heteroatoms. The first-order chi connectivity index (χ1) is 8.78. The molecule has 112 valence electrons. The molecule has 0 aromatic rings. The Morgan fingerprint density at radius 3 is 2.05 bits per heavy atom. The van der Waals surface area contributed by atoms with Crippen molar-refractivity contribution in [3.05, 3.63) is 0 Å². The fourth-order valence-electron chi connectivity index (χ4n) is 2.57. The van der Waals surface area contributed by atoms with E-state index in [4.69, 9.17) is 0 Å². The molecule has 1 atom stereocenters. The van der Waals surface area contributed by atoms with Gasteiger partial charge in [0.2, 0.25) is 15.9 Å². The molecule has 0 radical (unpaired) electrons. The van der Waals surface area contributed by atoms with E-state index in [1.807, 2.05) is 20.8 Å². The summed E-state index contributed by atoms with van der Waals surface area (Å²) in [5.41, 5.74) is 0. The van der Waals surface area contributed by atoms with Crippen LogP contribution >= 0.6 is 0 Å². The fourth-order valence-corrected chi connectivity index (χ4v) is 4.67. The second-order valence-electron chi connectivity index (χ2n) is 5.46. The molecule has 1 saturated heterocycles. The molecule has 0 saturated carbocycles. The summed E-state index contributed by atoms with van der Waals surface area (Å²) < 4.78 is 26.3. The quantitative estimate of drug-likeness (QED) is 0.770. The van der Waals surface area contributed by atoms with Crippen LogP contribution in [0.25, 0.3) is 0 Å². The molecular formula is C13H26N2O3S. The van der Waals surface area contributed by atoms with Crippen molar-refractivity contribution in [2.24, 2.45) is 0 Å². The van der Waals surface area contributed by atoms with Crippen molar-refractivity contribution >= 4 is 15.9 Å². The Bertz CT molecular complexity index is 414. The number of carbonyl (C=O) groups is 1. The average molecular weight is 290 g/mol. The molecule has 19 heavy (non-hydrogen) atoms. The minimum atomic E-state index is -3.29. The Balaban J connectivity index is 2.82. The van der Waals surface area contributed by atoms with Gasteiger partial charge in [0.15, 0.2) is 0 Å². The summed E-state index contributed by atoms with van der Waals surface area (Å²) in [6.07, 6.45) is 2.16. The van der Waals surface area contributed by atoms with E-state index < -0.39 is 14.8 Å². The predicted molar refractivity (Wildman–Crippen MR) is 76.4 cm³/mol. The summed E-state index contributed by atoms with van der Waals surface area (Å²) in [7, 11) is -3.29. The molecule has 0 aliphatic carbocycles. The fraction of sp³-hybridized carbons (Fsp3) is 0.923. The molecule has 0 aromatic carbocycles. The standard InChI is InChI=1S/C13H26N2O3S/c1-5-7-13(4,6-2)19(17,18)15-10-8-14(9-11-15)12(3)16/h5-11H2,1-4H3. The zero-order valence-electron chi connectivity index (χ0n) is 12.5. The van der Waals surface area contributed by atoms with Crippen molar-refractivity contribution in [2.75, 3.05) is 26.2 Å². The molecular weight excluding hydrogens is 264 g/mol. The van der Waals surface area contributed by atoms with Gasteiger partial charge in [-0.2, -0.15) is 4.31 Å². The van der Waals surface area contributed by atoms with Crippen molar-refractivity contribution in [3.8, 4) is 0 Å². The molecule has 0 N–H and O–H groups in total. The van der Waals surface area contributed by atoms with Gasteiger partial charge in [0.1, 0.15) is 0 Å². The van der Waals surface area contributed by atoms with Crippen LogP contribution in [-0.4, -0.2) is 54.5 Å². The Morgan fingerprint density at radius 2 is 1.68 bits per heavy atom. The molecule has 0 aromatic heterocycles. The Labute approximate surface area is 117 Å². The van der Waals surface area contributed by atoms with Crippen molar-refractivity contribution < 1.29 is 13.2 Å². The van der Waals surface area contributed by atoms with Crippen LogP contribution in [-0.2, 0) is 14.8 Å². The van der Waals surface area contributed by atoms with Crippen LogP contribution in [0.2, 0.25) is 0 Å². The first kappa shape index (κ1) is 16.4. The second-order valence-corrected chi connectivity index (χ2v) is 7.92. The topological polar surface area (TPSA) is 57.7 Å². The first-order valence-electron chi connectivity index (χ1n) is 7.03. The number of piperazine rings is 1. The van der Waals surface area contributed by atoms with E-state index >= 15 is 0 Å². The lowest BCUT2D eigenvalue weighted by Gasteiger charge is -2.39. The first-order valence-corrected chi connectivity index (χ1v) is 8.47. The number of amides is 1. The van der Waals surface area contributed by atoms with E-state index in [9.17, 15) is 13.2 Å². The third kappa shape index (κ3) is 3.28. The largest absolute Gasteiger partial charge is 0.340 e. The van der Waals surface area contributed by atoms with Crippen LogP contribution in [0.4, 0.5) is 0 Å². The maximum absolute atomic E-state index is 12.7. The SMILES string of the molecule is CCCC(C)(CC)S(=O)(=O)N1CCN(C(C)=O)CC1. The molecule has 1 rings (SSSR count). The summed E-state index contributed by atoms with van der Waals surface area (Å²) in [6, 6.07) is 0. The lowest BCUT2D eigenvalue weighted by Crippen LogP contribution is -2.54. The molecule has 5 nitrogen and oxygen atoms in total. The van der Waals surface area contributed by atoms with Gasteiger partial charge in [0.05, 0.1) is 4.75 Å². The van der Waals surface area contributed by atoms with Crippen LogP contribution in [0.3, 0.4) is 0 Å². The second kappa shape index (κ2) is 6.22. The molecule has 0 spiro atoms. The number of carbonyl (C=O) groups excluding carboxylic acids is 1. The zero-order chi connectivity index (χ0) is 14.7. The van der Waals surface area contributed by atoms with Crippen LogP contribution < -0.4 is 0 Å². The lowest BCUT2D eigenvalue weighted by molar-refractivity contribution is -0.129.